The van der Waals surface area contributed by atoms with Crippen molar-refractivity contribution in [1.29, 1.82) is 0 Å². The molecule has 0 radical (unpaired) electrons. The highest BCUT2D eigenvalue weighted by Crippen LogP contribution is 2.41. The van der Waals surface area contributed by atoms with Crippen molar-refractivity contribution in [3.8, 4) is 11.1 Å². The Kier molecular flexibility index (Phi) is 5.26. The van der Waals surface area contributed by atoms with E-state index < -0.39 is 5.92 Å². The Bertz CT molecular complexity index is 1360. The van der Waals surface area contributed by atoms with Crippen LogP contribution in [0.15, 0.2) is 36.9 Å². The molecule has 10 heteroatoms. The molecule has 5 rings (SSSR count). The molecule has 4 aromatic heterocycles. The summed E-state index contributed by atoms with van der Waals surface area (Å²) in [6.45, 7) is 7.39. The molecule has 178 valence electrons. The topological polar surface area (TPSA) is 100 Å². The van der Waals surface area contributed by atoms with Gasteiger partial charge in [-0.2, -0.15) is 10.1 Å². The number of anilines is 1. The zero-order chi connectivity index (χ0) is 24.1. The molecular formula is C24H27F2N7O. The lowest BCUT2D eigenvalue weighted by atomic mass is 9.81. The van der Waals surface area contributed by atoms with Crippen LogP contribution in [0.5, 0.6) is 0 Å². The summed E-state index contributed by atoms with van der Waals surface area (Å²) in [5.74, 6) is -2.55. The van der Waals surface area contributed by atoms with E-state index in [4.69, 9.17) is 0 Å². The Morgan fingerprint density at radius 2 is 2.09 bits per heavy atom. The van der Waals surface area contributed by atoms with Gasteiger partial charge in [0, 0.05) is 55.5 Å². The number of aromatic amines is 1. The number of H-pyrrole nitrogens is 1. The maximum atomic E-state index is 13.1. The number of rotatable bonds is 6. The van der Waals surface area contributed by atoms with E-state index in [-0.39, 0.29) is 36.6 Å². The number of fused-ring (bicyclic) bond motifs is 2. The van der Waals surface area contributed by atoms with E-state index in [9.17, 15) is 13.6 Å². The molecule has 34 heavy (non-hydrogen) atoms. The van der Waals surface area contributed by atoms with Gasteiger partial charge in [0.25, 0.3) is 5.91 Å². The summed E-state index contributed by atoms with van der Waals surface area (Å²) in [4.78, 5) is 24.9. The highest BCUT2D eigenvalue weighted by molar-refractivity contribution is 6.02. The van der Waals surface area contributed by atoms with Crippen LogP contribution < -0.4 is 10.6 Å². The summed E-state index contributed by atoms with van der Waals surface area (Å²) >= 11 is 0. The standard InChI is InChI=1S/C24H27F2N7O/c1-23(2,3)13-30-22-29-11-17-16(10-27-20(17)32-22)15-4-5-33-19(6-15)18(12-31-33)21(34)28-9-14-7-24(25,26)8-14/h4-6,10-12,14H,7-9,13H2,1-3H3,(H,28,34)(H2,27,29,30,32). The second-order valence-electron chi connectivity index (χ2n) is 10.2. The van der Waals surface area contributed by atoms with Crippen LogP contribution in [0.1, 0.15) is 44.0 Å². The Morgan fingerprint density at radius 3 is 2.82 bits per heavy atom. The summed E-state index contributed by atoms with van der Waals surface area (Å²) in [5.41, 5.74) is 3.64. The lowest BCUT2D eigenvalue weighted by Crippen LogP contribution is -2.42. The Labute approximate surface area is 195 Å². The molecule has 0 aliphatic heterocycles. The van der Waals surface area contributed by atoms with Crippen LogP contribution in [0.3, 0.4) is 0 Å². The van der Waals surface area contributed by atoms with Gasteiger partial charge in [-0.1, -0.05) is 20.8 Å². The van der Waals surface area contributed by atoms with Crippen LogP contribution in [0, 0.1) is 11.3 Å². The van der Waals surface area contributed by atoms with Crippen molar-refractivity contribution in [1.82, 2.24) is 29.9 Å². The number of nitrogens with zero attached hydrogens (tertiary/aromatic N) is 4. The normalized spacial score (nSPS) is 16.0. The van der Waals surface area contributed by atoms with Gasteiger partial charge in [0.05, 0.1) is 17.3 Å². The SMILES string of the molecule is CC(C)(C)CNc1ncc2c(-c3ccn4ncc(C(=O)NCC5CC(F)(F)C5)c4c3)c[nH]c2n1. The number of pyridine rings is 1. The second kappa shape index (κ2) is 8.03. The number of nitrogens with one attached hydrogen (secondary N) is 3. The molecule has 1 aliphatic carbocycles. The fraction of sp³-hybridized carbons (Fsp3) is 0.417. The fourth-order valence-corrected chi connectivity index (χ4v) is 4.16. The molecule has 8 nitrogen and oxygen atoms in total. The zero-order valence-corrected chi connectivity index (χ0v) is 19.3. The first-order valence-corrected chi connectivity index (χ1v) is 11.3. The average Bonchev–Trinajstić information content (AvgIpc) is 3.37. The van der Waals surface area contributed by atoms with Gasteiger partial charge in [0.15, 0.2) is 0 Å². The predicted octanol–water partition coefficient (Wildman–Crippen LogP) is 4.51. The van der Waals surface area contributed by atoms with Crippen LogP contribution in [0.2, 0.25) is 0 Å². The molecular weight excluding hydrogens is 440 g/mol. The Balaban J connectivity index is 1.37. The van der Waals surface area contributed by atoms with Crippen molar-refractivity contribution < 1.29 is 13.6 Å². The number of carbonyl (C=O) groups excluding carboxylic acids is 1. The molecule has 0 atom stereocenters. The molecule has 0 unspecified atom stereocenters. The molecule has 0 saturated heterocycles. The molecule has 0 aromatic carbocycles. The summed E-state index contributed by atoms with van der Waals surface area (Å²) in [6, 6.07) is 3.79. The third kappa shape index (κ3) is 4.44. The number of aromatic nitrogens is 5. The van der Waals surface area contributed by atoms with Gasteiger partial charge in [-0.05, 0) is 29.0 Å². The molecule has 3 N–H and O–H groups in total. The van der Waals surface area contributed by atoms with E-state index in [1.807, 2.05) is 18.3 Å². The van der Waals surface area contributed by atoms with Gasteiger partial charge in [-0.25, -0.2) is 18.3 Å². The number of amides is 1. The minimum absolute atomic E-state index is 0.104. The molecule has 1 aliphatic rings. The van der Waals surface area contributed by atoms with Crippen molar-refractivity contribution in [3.05, 3.63) is 42.5 Å². The van der Waals surface area contributed by atoms with Crippen LogP contribution in [-0.2, 0) is 0 Å². The van der Waals surface area contributed by atoms with Gasteiger partial charge >= 0.3 is 0 Å². The zero-order valence-electron chi connectivity index (χ0n) is 19.3. The minimum Gasteiger partial charge on any atom is -0.354 e. The largest absolute Gasteiger partial charge is 0.354 e. The Morgan fingerprint density at radius 1 is 1.29 bits per heavy atom. The van der Waals surface area contributed by atoms with Crippen molar-refractivity contribution in [3.63, 3.8) is 0 Å². The molecule has 1 saturated carbocycles. The summed E-state index contributed by atoms with van der Waals surface area (Å²) < 4.78 is 27.7. The molecule has 1 amide bonds. The van der Waals surface area contributed by atoms with Crippen LogP contribution in [0.25, 0.3) is 27.7 Å². The maximum absolute atomic E-state index is 13.1. The predicted molar refractivity (Wildman–Crippen MR) is 126 cm³/mol. The average molecular weight is 468 g/mol. The van der Waals surface area contributed by atoms with E-state index in [1.54, 1.807) is 16.9 Å². The molecule has 1 fully saturated rings. The van der Waals surface area contributed by atoms with Crippen molar-refractivity contribution in [2.24, 2.45) is 11.3 Å². The number of hydrogen-bond donors (Lipinski definition) is 3. The Hall–Kier alpha value is -3.56. The van der Waals surface area contributed by atoms with E-state index in [2.05, 4.69) is 51.5 Å². The summed E-state index contributed by atoms with van der Waals surface area (Å²) in [7, 11) is 0. The van der Waals surface area contributed by atoms with Crippen molar-refractivity contribution in [2.45, 2.75) is 39.5 Å². The number of carbonyl (C=O) groups is 1. The molecule has 4 aromatic rings. The van der Waals surface area contributed by atoms with Crippen LogP contribution in [-0.4, -0.2) is 49.5 Å². The smallest absolute Gasteiger partial charge is 0.255 e. The quantitative estimate of drug-likeness (QED) is 0.388. The number of halogens is 2. The van der Waals surface area contributed by atoms with E-state index in [0.29, 0.717) is 22.7 Å². The van der Waals surface area contributed by atoms with Crippen molar-refractivity contribution >= 4 is 28.4 Å². The van der Waals surface area contributed by atoms with Gasteiger partial charge in [0.1, 0.15) is 5.65 Å². The van der Waals surface area contributed by atoms with Gasteiger partial charge in [-0.3, -0.25) is 4.79 Å². The van der Waals surface area contributed by atoms with E-state index >= 15 is 0 Å². The summed E-state index contributed by atoms with van der Waals surface area (Å²) in [5, 5.41) is 11.1. The number of alkyl halides is 2. The highest BCUT2D eigenvalue weighted by atomic mass is 19.3. The van der Waals surface area contributed by atoms with Crippen molar-refractivity contribution in [2.75, 3.05) is 18.4 Å². The maximum Gasteiger partial charge on any atom is 0.255 e. The third-order valence-corrected chi connectivity index (χ3v) is 6.01. The summed E-state index contributed by atoms with van der Waals surface area (Å²) in [6.07, 6.45) is 6.57. The van der Waals surface area contributed by atoms with Gasteiger partial charge in [0.2, 0.25) is 11.9 Å². The van der Waals surface area contributed by atoms with Gasteiger partial charge < -0.3 is 15.6 Å². The monoisotopic (exact) mass is 467 g/mol. The highest BCUT2D eigenvalue weighted by Gasteiger charge is 2.45. The van der Waals surface area contributed by atoms with Gasteiger partial charge in [-0.15, -0.1) is 0 Å². The fourth-order valence-electron chi connectivity index (χ4n) is 4.16. The van der Waals surface area contributed by atoms with Crippen LogP contribution >= 0.6 is 0 Å². The third-order valence-electron chi connectivity index (χ3n) is 6.01. The molecule has 4 heterocycles. The lowest BCUT2D eigenvalue weighted by molar-refractivity contribution is -0.108. The first kappa shape index (κ1) is 22.2. The van der Waals surface area contributed by atoms with E-state index in [0.717, 1.165) is 23.1 Å². The minimum atomic E-state index is -2.60. The second-order valence-corrected chi connectivity index (χ2v) is 10.2. The molecule has 0 spiro atoms. The molecule has 0 bridgehead atoms. The van der Waals surface area contributed by atoms with E-state index in [1.165, 1.54) is 6.20 Å². The number of hydrogen-bond acceptors (Lipinski definition) is 5. The lowest BCUT2D eigenvalue weighted by Gasteiger charge is -2.34. The first-order valence-electron chi connectivity index (χ1n) is 11.3. The first-order chi connectivity index (χ1) is 16.1. The van der Waals surface area contributed by atoms with Crippen LogP contribution in [0.4, 0.5) is 14.7 Å².